The molecule has 190 valence electrons. The van der Waals surface area contributed by atoms with Crippen LogP contribution in [-0.4, -0.2) is 23.5 Å². The summed E-state index contributed by atoms with van der Waals surface area (Å²) in [4.78, 5) is 27.5. The van der Waals surface area contributed by atoms with Crippen molar-refractivity contribution in [2.75, 3.05) is 11.5 Å². The Hall–Kier alpha value is -3.20. The zero-order valence-corrected chi connectivity index (χ0v) is 23.4. The summed E-state index contributed by atoms with van der Waals surface area (Å²) < 4.78 is 12.5. The first-order chi connectivity index (χ1) is 17.8. The van der Waals surface area contributed by atoms with Crippen molar-refractivity contribution in [2.45, 2.75) is 26.9 Å². The van der Waals surface area contributed by atoms with Gasteiger partial charge in [0.25, 0.3) is 11.8 Å². The molecule has 1 aliphatic rings. The minimum absolute atomic E-state index is 0.0403. The number of aryl methyl sites for hydroxylation is 1. The average Bonchev–Trinajstić information content (AvgIpc) is 2.87. The summed E-state index contributed by atoms with van der Waals surface area (Å²) in [6, 6.07) is 18.3. The molecule has 3 aromatic rings. The van der Waals surface area contributed by atoms with E-state index in [1.807, 2.05) is 43.3 Å². The standard InChI is InChI=1S/C28H24BrClN2O4S/c1-3-17-7-11-21(12-8-17)32-27(34)22(26(33)31-28(32)37)13-19-14-23(29)25(24(15-19)35-4-2)36-16-18-5-9-20(30)10-6-18/h5-15H,3-4,16H2,1-2H3,(H,31,33,37)/b22-13+. The molecule has 37 heavy (non-hydrogen) atoms. The molecule has 0 aliphatic carbocycles. The molecule has 0 spiro atoms. The molecule has 1 aliphatic heterocycles. The van der Waals surface area contributed by atoms with Crippen molar-refractivity contribution < 1.29 is 19.1 Å². The number of hydrogen-bond donors (Lipinski definition) is 1. The monoisotopic (exact) mass is 598 g/mol. The predicted octanol–water partition coefficient (Wildman–Crippen LogP) is 6.47. The van der Waals surface area contributed by atoms with Gasteiger partial charge in [-0.25, -0.2) is 0 Å². The van der Waals surface area contributed by atoms with Gasteiger partial charge in [0.2, 0.25) is 0 Å². The van der Waals surface area contributed by atoms with Gasteiger partial charge in [0.15, 0.2) is 16.6 Å². The molecule has 3 aromatic carbocycles. The van der Waals surface area contributed by atoms with Gasteiger partial charge in [-0.15, -0.1) is 0 Å². The predicted molar refractivity (Wildman–Crippen MR) is 153 cm³/mol. The van der Waals surface area contributed by atoms with Crippen molar-refractivity contribution >= 4 is 68.4 Å². The minimum Gasteiger partial charge on any atom is -0.490 e. The Morgan fingerprint density at radius 3 is 2.32 bits per heavy atom. The molecular formula is C28H24BrClN2O4S. The smallest absolute Gasteiger partial charge is 0.270 e. The lowest BCUT2D eigenvalue weighted by molar-refractivity contribution is -0.122. The molecule has 1 saturated heterocycles. The molecule has 0 atom stereocenters. The average molecular weight is 600 g/mol. The first kappa shape index (κ1) is 26.9. The van der Waals surface area contributed by atoms with Gasteiger partial charge < -0.3 is 9.47 Å². The molecule has 0 radical (unpaired) electrons. The number of ether oxygens (including phenoxy) is 2. The molecule has 1 heterocycles. The van der Waals surface area contributed by atoms with E-state index in [-0.39, 0.29) is 10.7 Å². The van der Waals surface area contributed by atoms with E-state index in [1.54, 1.807) is 24.3 Å². The number of hydrogen-bond acceptors (Lipinski definition) is 5. The Morgan fingerprint density at radius 1 is 1.00 bits per heavy atom. The molecule has 4 rings (SSSR count). The quantitative estimate of drug-likeness (QED) is 0.183. The van der Waals surface area contributed by atoms with Crippen LogP contribution in [0, 0.1) is 0 Å². The number of rotatable bonds is 8. The Kier molecular flexibility index (Phi) is 8.63. The highest BCUT2D eigenvalue weighted by molar-refractivity contribution is 9.10. The number of nitrogens with one attached hydrogen (secondary N) is 1. The van der Waals surface area contributed by atoms with Crippen LogP contribution in [0.5, 0.6) is 11.5 Å². The second-order valence-corrected chi connectivity index (χ2v) is 9.83. The third-order valence-corrected chi connectivity index (χ3v) is 6.77. The highest BCUT2D eigenvalue weighted by atomic mass is 79.9. The maximum Gasteiger partial charge on any atom is 0.270 e. The normalized spacial score (nSPS) is 14.6. The summed E-state index contributed by atoms with van der Waals surface area (Å²) in [5.41, 5.74) is 3.20. The van der Waals surface area contributed by atoms with Gasteiger partial charge in [0, 0.05) is 5.02 Å². The Morgan fingerprint density at radius 2 is 1.68 bits per heavy atom. The number of carbonyl (C=O) groups is 2. The largest absolute Gasteiger partial charge is 0.490 e. The summed E-state index contributed by atoms with van der Waals surface area (Å²) >= 11 is 14.8. The SMILES string of the molecule is CCOc1cc(/C=C2\C(=O)NC(=S)N(c3ccc(CC)cc3)C2=O)cc(Br)c1OCc1ccc(Cl)cc1. The molecular weight excluding hydrogens is 576 g/mol. The molecule has 0 saturated carbocycles. The fourth-order valence-corrected chi connectivity index (χ4v) is 4.73. The molecule has 1 fully saturated rings. The van der Waals surface area contributed by atoms with Crippen LogP contribution < -0.4 is 19.7 Å². The van der Waals surface area contributed by atoms with Crippen molar-refractivity contribution in [1.82, 2.24) is 5.32 Å². The number of thiocarbonyl (C=S) groups is 1. The molecule has 0 unspecified atom stereocenters. The van der Waals surface area contributed by atoms with E-state index in [1.165, 1.54) is 11.0 Å². The van der Waals surface area contributed by atoms with E-state index >= 15 is 0 Å². The van der Waals surface area contributed by atoms with Crippen molar-refractivity contribution in [2.24, 2.45) is 0 Å². The van der Waals surface area contributed by atoms with Crippen LogP contribution in [0.3, 0.4) is 0 Å². The van der Waals surface area contributed by atoms with E-state index < -0.39 is 11.8 Å². The summed E-state index contributed by atoms with van der Waals surface area (Å²) in [6.07, 6.45) is 2.39. The van der Waals surface area contributed by atoms with Crippen LogP contribution in [0.1, 0.15) is 30.5 Å². The summed E-state index contributed by atoms with van der Waals surface area (Å²) in [5, 5.41) is 3.31. The Bertz CT molecular complexity index is 1370. The van der Waals surface area contributed by atoms with E-state index in [0.717, 1.165) is 17.5 Å². The van der Waals surface area contributed by atoms with Crippen LogP contribution in [0.25, 0.3) is 6.08 Å². The van der Waals surface area contributed by atoms with Crippen LogP contribution in [0.2, 0.25) is 5.02 Å². The summed E-state index contributed by atoms with van der Waals surface area (Å²) in [6.45, 7) is 4.62. The van der Waals surface area contributed by atoms with Crippen LogP contribution in [0.15, 0.2) is 70.7 Å². The first-order valence-corrected chi connectivity index (χ1v) is 13.2. The van der Waals surface area contributed by atoms with Gasteiger partial charge in [-0.2, -0.15) is 0 Å². The van der Waals surface area contributed by atoms with Crippen molar-refractivity contribution in [1.29, 1.82) is 0 Å². The van der Waals surface area contributed by atoms with Crippen molar-refractivity contribution in [3.63, 3.8) is 0 Å². The fraction of sp³-hybridized carbons (Fsp3) is 0.179. The van der Waals surface area contributed by atoms with Gasteiger partial charge in [-0.3, -0.25) is 19.8 Å². The van der Waals surface area contributed by atoms with Gasteiger partial charge in [0.05, 0.1) is 16.8 Å². The topological polar surface area (TPSA) is 67.9 Å². The van der Waals surface area contributed by atoms with Crippen molar-refractivity contribution in [3.05, 3.63) is 92.4 Å². The fourth-order valence-electron chi connectivity index (χ4n) is 3.75. The van der Waals surface area contributed by atoms with Crippen molar-refractivity contribution in [3.8, 4) is 11.5 Å². The van der Waals surface area contributed by atoms with Gasteiger partial charge in [-0.05, 0) is 101 Å². The second kappa shape index (κ2) is 11.9. The molecule has 0 aromatic heterocycles. The molecule has 9 heteroatoms. The number of amides is 2. The molecule has 1 N–H and O–H groups in total. The lowest BCUT2D eigenvalue weighted by atomic mass is 10.1. The Labute approximate surface area is 234 Å². The van der Waals surface area contributed by atoms with E-state index in [0.29, 0.717) is 45.5 Å². The number of anilines is 1. The lowest BCUT2D eigenvalue weighted by Crippen LogP contribution is -2.54. The van der Waals surface area contributed by atoms with E-state index in [4.69, 9.17) is 33.3 Å². The highest BCUT2D eigenvalue weighted by Gasteiger charge is 2.34. The van der Waals surface area contributed by atoms with Crippen LogP contribution in [-0.2, 0) is 22.6 Å². The summed E-state index contributed by atoms with van der Waals surface area (Å²) in [5.74, 6) is -0.0789. The maximum atomic E-state index is 13.4. The van der Waals surface area contributed by atoms with Gasteiger partial charge >= 0.3 is 0 Å². The molecule has 2 amide bonds. The lowest BCUT2D eigenvalue weighted by Gasteiger charge is -2.29. The number of nitrogens with zero attached hydrogens (tertiary/aromatic N) is 1. The Balaban J connectivity index is 1.64. The van der Waals surface area contributed by atoms with Crippen LogP contribution >= 0.6 is 39.7 Å². The number of benzene rings is 3. The van der Waals surface area contributed by atoms with Gasteiger partial charge in [-0.1, -0.05) is 42.8 Å². The second-order valence-electron chi connectivity index (χ2n) is 8.16. The zero-order valence-electron chi connectivity index (χ0n) is 20.2. The molecule has 0 bridgehead atoms. The number of carbonyl (C=O) groups excluding carboxylic acids is 2. The summed E-state index contributed by atoms with van der Waals surface area (Å²) in [7, 11) is 0. The third-order valence-electron chi connectivity index (χ3n) is 5.64. The molecule has 6 nitrogen and oxygen atoms in total. The van der Waals surface area contributed by atoms with E-state index in [9.17, 15) is 9.59 Å². The highest BCUT2D eigenvalue weighted by Crippen LogP contribution is 2.38. The third kappa shape index (κ3) is 6.21. The minimum atomic E-state index is -0.562. The first-order valence-electron chi connectivity index (χ1n) is 11.6. The van der Waals surface area contributed by atoms with E-state index in [2.05, 4.69) is 28.2 Å². The number of halogens is 2. The maximum absolute atomic E-state index is 13.4. The van der Waals surface area contributed by atoms with Gasteiger partial charge in [0.1, 0.15) is 12.2 Å². The van der Waals surface area contributed by atoms with Crippen LogP contribution in [0.4, 0.5) is 5.69 Å². The zero-order chi connectivity index (χ0) is 26.5.